The third kappa shape index (κ3) is 1.71. The number of aromatic amines is 1. The van der Waals surface area contributed by atoms with E-state index in [1.54, 1.807) is 6.20 Å². The Balaban J connectivity index is 1.73. The van der Waals surface area contributed by atoms with Crippen LogP contribution in [0.4, 0.5) is 5.82 Å². The lowest BCUT2D eigenvalue weighted by molar-refractivity contribution is 0.174. The Morgan fingerprint density at radius 2 is 2.15 bits per heavy atom. The van der Waals surface area contributed by atoms with Crippen molar-refractivity contribution in [3.63, 3.8) is 0 Å². The normalized spacial score (nSPS) is 12.8. The summed E-state index contributed by atoms with van der Waals surface area (Å²) >= 11 is 1.53. The van der Waals surface area contributed by atoms with Crippen molar-refractivity contribution < 1.29 is 9.47 Å². The fourth-order valence-corrected chi connectivity index (χ4v) is 2.91. The first-order chi connectivity index (χ1) is 9.81. The molecule has 7 heteroatoms. The van der Waals surface area contributed by atoms with Crippen LogP contribution < -0.4 is 15.2 Å². The minimum atomic E-state index is 0.270. The van der Waals surface area contributed by atoms with Gasteiger partial charge in [0, 0.05) is 10.9 Å². The minimum Gasteiger partial charge on any atom is -0.454 e. The molecule has 3 N–H and O–H groups in total. The lowest BCUT2D eigenvalue weighted by atomic mass is 10.1. The molecule has 0 radical (unpaired) electrons. The molecule has 0 atom stereocenters. The number of thiazole rings is 1. The van der Waals surface area contributed by atoms with Crippen molar-refractivity contribution in [1.82, 2.24) is 15.2 Å². The first-order valence-electron chi connectivity index (χ1n) is 5.96. The molecule has 0 spiro atoms. The lowest BCUT2D eigenvalue weighted by Crippen LogP contribution is -1.92. The molecule has 0 amide bonds. The van der Waals surface area contributed by atoms with E-state index >= 15 is 0 Å². The van der Waals surface area contributed by atoms with Crippen LogP contribution in [0.15, 0.2) is 29.8 Å². The van der Waals surface area contributed by atoms with E-state index in [9.17, 15) is 0 Å². The summed E-state index contributed by atoms with van der Waals surface area (Å²) in [7, 11) is 0. The summed E-state index contributed by atoms with van der Waals surface area (Å²) in [5, 5.41) is 9.44. The van der Waals surface area contributed by atoms with Gasteiger partial charge in [-0.25, -0.2) is 4.98 Å². The van der Waals surface area contributed by atoms with Crippen LogP contribution >= 0.6 is 11.3 Å². The monoisotopic (exact) mass is 286 g/mol. The molecule has 0 aliphatic carbocycles. The number of benzene rings is 1. The molecule has 1 aromatic carbocycles. The maximum absolute atomic E-state index is 5.81. The average Bonchev–Trinajstić information content (AvgIpc) is 3.17. The molecule has 20 heavy (non-hydrogen) atoms. The van der Waals surface area contributed by atoms with Crippen LogP contribution in [0.3, 0.4) is 0 Å². The maximum Gasteiger partial charge on any atom is 0.231 e. The molecule has 1 aliphatic rings. The van der Waals surface area contributed by atoms with Gasteiger partial charge in [-0.2, -0.15) is 5.10 Å². The highest BCUT2D eigenvalue weighted by Gasteiger charge is 2.16. The van der Waals surface area contributed by atoms with E-state index in [-0.39, 0.29) is 6.79 Å². The van der Waals surface area contributed by atoms with Crippen LogP contribution in [0.5, 0.6) is 11.5 Å². The molecule has 0 saturated carbocycles. The van der Waals surface area contributed by atoms with Gasteiger partial charge in [0.05, 0.1) is 17.5 Å². The van der Waals surface area contributed by atoms with E-state index in [0.29, 0.717) is 5.82 Å². The molecule has 2 aromatic heterocycles. The third-order valence-corrected chi connectivity index (χ3v) is 3.95. The number of nitrogens with zero attached hydrogens (tertiary/aromatic N) is 2. The van der Waals surface area contributed by atoms with Gasteiger partial charge < -0.3 is 15.2 Å². The summed E-state index contributed by atoms with van der Waals surface area (Å²) < 4.78 is 10.7. The number of nitrogens with one attached hydrogen (secondary N) is 1. The van der Waals surface area contributed by atoms with E-state index in [2.05, 4.69) is 15.2 Å². The highest BCUT2D eigenvalue weighted by atomic mass is 32.1. The molecule has 100 valence electrons. The second-order valence-corrected chi connectivity index (χ2v) is 5.16. The van der Waals surface area contributed by atoms with E-state index in [1.807, 2.05) is 23.6 Å². The van der Waals surface area contributed by atoms with Crippen molar-refractivity contribution in [3.8, 4) is 33.3 Å². The van der Waals surface area contributed by atoms with Crippen LogP contribution in [0.1, 0.15) is 0 Å². The summed E-state index contributed by atoms with van der Waals surface area (Å²) in [6.07, 6.45) is 1.68. The largest absolute Gasteiger partial charge is 0.454 e. The number of anilines is 1. The van der Waals surface area contributed by atoms with E-state index in [4.69, 9.17) is 15.2 Å². The Morgan fingerprint density at radius 1 is 1.25 bits per heavy atom. The summed E-state index contributed by atoms with van der Waals surface area (Å²) in [5.74, 6) is 2.04. The fraction of sp³-hybridized carbons (Fsp3) is 0.0769. The van der Waals surface area contributed by atoms with Crippen LogP contribution in [-0.4, -0.2) is 22.0 Å². The van der Waals surface area contributed by atoms with Gasteiger partial charge in [-0.1, -0.05) is 0 Å². The number of hydrogen-bond acceptors (Lipinski definition) is 6. The quantitative estimate of drug-likeness (QED) is 0.756. The van der Waals surface area contributed by atoms with E-state index in [1.165, 1.54) is 11.3 Å². The molecule has 0 saturated heterocycles. The number of aromatic nitrogens is 3. The van der Waals surface area contributed by atoms with E-state index in [0.717, 1.165) is 33.3 Å². The summed E-state index contributed by atoms with van der Waals surface area (Å²) in [6, 6.07) is 5.79. The summed E-state index contributed by atoms with van der Waals surface area (Å²) in [6.45, 7) is 0.270. The summed E-state index contributed by atoms with van der Waals surface area (Å²) in [5.41, 5.74) is 8.49. The molecule has 3 aromatic rings. The van der Waals surface area contributed by atoms with Gasteiger partial charge in [-0.05, 0) is 18.2 Å². The highest BCUT2D eigenvalue weighted by Crippen LogP contribution is 2.37. The summed E-state index contributed by atoms with van der Waals surface area (Å²) in [4.78, 5) is 4.59. The Kier molecular flexibility index (Phi) is 2.40. The first-order valence-corrected chi connectivity index (χ1v) is 6.84. The second kappa shape index (κ2) is 4.24. The number of rotatable bonds is 2. The van der Waals surface area contributed by atoms with Gasteiger partial charge in [0.25, 0.3) is 0 Å². The van der Waals surface area contributed by atoms with Crippen molar-refractivity contribution in [1.29, 1.82) is 0 Å². The Hall–Kier alpha value is -2.54. The van der Waals surface area contributed by atoms with Gasteiger partial charge in [0.15, 0.2) is 11.5 Å². The topological polar surface area (TPSA) is 86.1 Å². The number of hydrogen-bond donors (Lipinski definition) is 2. The molecule has 0 bridgehead atoms. The SMILES string of the molecule is Nc1[nH]ncc1-c1nc(-c2ccc3c(c2)OCO3)cs1. The molecule has 6 nitrogen and oxygen atoms in total. The molecule has 4 rings (SSSR count). The van der Waals surface area contributed by atoms with E-state index < -0.39 is 0 Å². The van der Waals surface area contributed by atoms with Gasteiger partial charge in [-0.15, -0.1) is 11.3 Å². The maximum atomic E-state index is 5.81. The minimum absolute atomic E-state index is 0.270. The Morgan fingerprint density at radius 3 is 3.00 bits per heavy atom. The molecular weight excluding hydrogens is 276 g/mol. The molecule has 0 fully saturated rings. The van der Waals surface area contributed by atoms with Crippen molar-refractivity contribution in [2.24, 2.45) is 0 Å². The molecule has 3 heterocycles. The number of nitrogen functional groups attached to an aromatic ring is 1. The van der Waals surface area contributed by atoms with Crippen molar-refractivity contribution >= 4 is 17.2 Å². The number of fused-ring (bicyclic) bond motifs is 1. The van der Waals surface area contributed by atoms with Crippen molar-refractivity contribution in [2.75, 3.05) is 12.5 Å². The predicted octanol–water partition coefficient (Wildman–Crippen LogP) is 2.51. The van der Waals surface area contributed by atoms with Crippen molar-refractivity contribution in [3.05, 3.63) is 29.8 Å². The Labute approximate surface area is 118 Å². The first kappa shape index (κ1) is 11.3. The second-order valence-electron chi connectivity index (χ2n) is 4.30. The smallest absolute Gasteiger partial charge is 0.231 e. The van der Waals surface area contributed by atoms with Crippen LogP contribution in [-0.2, 0) is 0 Å². The Bertz CT molecular complexity index is 780. The number of H-pyrrole nitrogens is 1. The standard InChI is InChI=1S/C13H10N4O2S/c14-12-8(4-15-17-12)13-16-9(5-20-13)7-1-2-10-11(3-7)19-6-18-10/h1-5H,6H2,(H3,14,15,17). The molecule has 1 aliphatic heterocycles. The number of ether oxygens (including phenoxy) is 2. The number of nitrogens with two attached hydrogens (primary N) is 1. The highest BCUT2D eigenvalue weighted by molar-refractivity contribution is 7.13. The fourth-order valence-electron chi connectivity index (χ4n) is 2.05. The van der Waals surface area contributed by atoms with Crippen LogP contribution in [0.2, 0.25) is 0 Å². The average molecular weight is 286 g/mol. The van der Waals surface area contributed by atoms with Gasteiger partial charge >= 0.3 is 0 Å². The van der Waals surface area contributed by atoms with Crippen molar-refractivity contribution in [2.45, 2.75) is 0 Å². The van der Waals surface area contributed by atoms with Gasteiger partial charge in [-0.3, -0.25) is 5.10 Å². The van der Waals surface area contributed by atoms with Gasteiger partial charge in [0.2, 0.25) is 6.79 Å². The third-order valence-electron chi connectivity index (χ3n) is 3.07. The predicted molar refractivity (Wildman–Crippen MR) is 75.7 cm³/mol. The van der Waals surface area contributed by atoms with Crippen LogP contribution in [0, 0.1) is 0 Å². The zero-order valence-corrected chi connectivity index (χ0v) is 11.1. The lowest BCUT2D eigenvalue weighted by Gasteiger charge is -1.99. The zero-order chi connectivity index (χ0) is 13.5. The van der Waals surface area contributed by atoms with Crippen LogP contribution in [0.25, 0.3) is 21.8 Å². The molecular formula is C13H10N4O2S. The zero-order valence-electron chi connectivity index (χ0n) is 10.3. The molecule has 0 unspecified atom stereocenters. The van der Waals surface area contributed by atoms with Gasteiger partial charge in [0.1, 0.15) is 10.8 Å².